The second kappa shape index (κ2) is 5.69. The molecule has 7 heteroatoms. The Labute approximate surface area is 104 Å². The van der Waals surface area contributed by atoms with E-state index >= 15 is 0 Å². The molecule has 0 atom stereocenters. The normalized spacial score (nSPS) is 10.0. The lowest BCUT2D eigenvalue weighted by Crippen LogP contribution is -2.23. The Morgan fingerprint density at radius 2 is 2.22 bits per heavy atom. The topological polar surface area (TPSA) is 95.9 Å². The monoisotopic (exact) mass is 244 g/mol. The van der Waals surface area contributed by atoms with Crippen molar-refractivity contribution >= 4 is 5.95 Å². The van der Waals surface area contributed by atoms with Crippen molar-refractivity contribution in [2.75, 3.05) is 12.0 Å². The summed E-state index contributed by atoms with van der Waals surface area (Å²) in [5.74, 6) is 0.571. The van der Waals surface area contributed by atoms with E-state index in [4.69, 9.17) is 0 Å². The van der Waals surface area contributed by atoms with Crippen LogP contribution >= 0.6 is 0 Å². The number of nitrogens with zero attached hydrogens (tertiary/aromatic N) is 4. The largest absolute Gasteiger partial charge is 0.479 e. The fraction of sp³-hybridized carbons (Fsp3) is 0.0909. The van der Waals surface area contributed by atoms with Gasteiger partial charge in [-0.15, -0.1) is 6.58 Å². The van der Waals surface area contributed by atoms with E-state index in [2.05, 4.69) is 37.4 Å². The summed E-state index contributed by atoms with van der Waals surface area (Å²) in [7, 11) is 0. The summed E-state index contributed by atoms with van der Waals surface area (Å²) in [6.07, 6.45) is 4.93. The van der Waals surface area contributed by atoms with Gasteiger partial charge in [0.05, 0.1) is 0 Å². The van der Waals surface area contributed by atoms with Crippen molar-refractivity contribution < 1.29 is 5.11 Å². The number of pyridine rings is 1. The summed E-state index contributed by atoms with van der Waals surface area (Å²) in [6.45, 7) is 4.10. The molecule has 3 N–H and O–H groups in total. The average molecular weight is 244 g/mol. The van der Waals surface area contributed by atoms with Gasteiger partial charge < -0.3 is 5.11 Å². The molecular formula is C11H12N6O. The molecule has 92 valence electrons. The summed E-state index contributed by atoms with van der Waals surface area (Å²) in [6, 6.07) is 3.20. The second-order valence-electron chi connectivity index (χ2n) is 3.32. The fourth-order valence-electron chi connectivity index (χ4n) is 1.25. The van der Waals surface area contributed by atoms with Gasteiger partial charge in [0.15, 0.2) is 5.82 Å². The molecular weight excluding hydrogens is 232 g/mol. The zero-order chi connectivity index (χ0) is 12.8. The van der Waals surface area contributed by atoms with Crippen LogP contribution in [0.1, 0.15) is 0 Å². The first-order chi connectivity index (χ1) is 8.79. The van der Waals surface area contributed by atoms with E-state index in [1.54, 1.807) is 30.6 Å². The van der Waals surface area contributed by atoms with E-state index in [1.165, 1.54) is 0 Å². The van der Waals surface area contributed by atoms with Gasteiger partial charge in [-0.25, -0.2) is 5.43 Å². The standard InChI is InChI=1S/C11H12N6O/c1-2-5-13-17-10-14-9(15-11(18)16-10)8-4-3-6-12-7-8/h2-4,6-7,13H,1,5H2,(H2,14,15,16,17,18). The van der Waals surface area contributed by atoms with Crippen molar-refractivity contribution in [3.05, 3.63) is 37.2 Å². The van der Waals surface area contributed by atoms with E-state index in [0.29, 0.717) is 17.9 Å². The lowest BCUT2D eigenvalue weighted by atomic mass is 10.3. The Balaban J connectivity index is 2.24. The highest BCUT2D eigenvalue weighted by molar-refractivity contribution is 5.54. The van der Waals surface area contributed by atoms with Crippen molar-refractivity contribution in [3.8, 4) is 17.4 Å². The van der Waals surface area contributed by atoms with E-state index in [0.717, 1.165) is 0 Å². The van der Waals surface area contributed by atoms with Gasteiger partial charge in [-0.05, 0) is 12.1 Å². The molecule has 0 aliphatic carbocycles. The number of nitrogens with one attached hydrogen (secondary N) is 2. The predicted octanol–water partition coefficient (Wildman–Crippen LogP) is 0.742. The van der Waals surface area contributed by atoms with Crippen molar-refractivity contribution in [1.29, 1.82) is 0 Å². The van der Waals surface area contributed by atoms with Crippen LogP contribution in [0, 0.1) is 0 Å². The molecule has 0 aromatic carbocycles. The molecule has 7 nitrogen and oxygen atoms in total. The van der Waals surface area contributed by atoms with Crippen LogP contribution in [0.15, 0.2) is 37.2 Å². The number of hydrogen-bond donors (Lipinski definition) is 3. The number of rotatable bonds is 5. The number of aromatic hydroxyl groups is 1. The Hall–Kier alpha value is -2.54. The molecule has 0 bridgehead atoms. The van der Waals surface area contributed by atoms with Crippen molar-refractivity contribution in [1.82, 2.24) is 25.4 Å². The molecule has 0 fully saturated rings. The Morgan fingerprint density at radius 1 is 1.33 bits per heavy atom. The maximum atomic E-state index is 9.44. The van der Waals surface area contributed by atoms with Crippen LogP contribution < -0.4 is 10.9 Å². The summed E-state index contributed by atoms with van der Waals surface area (Å²) < 4.78 is 0. The minimum absolute atomic E-state index is 0.225. The van der Waals surface area contributed by atoms with E-state index < -0.39 is 0 Å². The maximum absolute atomic E-state index is 9.44. The smallest absolute Gasteiger partial charge is 0.319 e. The molecule has 0 amide bonds. The molecule has 2 rings (SSSR count). The van der Waals surface area contributed by atoms with Gasteiger partial charge in [0.2, 0.25) is 5.95 Å². The molecule has 18 heavy (non-hydrogen) atoms. The van der Waals surface area contributed by atoms with E-state index in [-0.39, 0.29) is 12.0 Å². The molecule has 0 radical (unpaired) electrons. The highest BCUT2D eigenvalue weighted by atomic mass is 16.3. The maximum Gasteiger partial charge on any atom is 0.319 e. The van der Waals surface area contributed by atoms with Crippen LogP contribution in [0.3, 0.4) is 0 Å². The molecule has 2 aromatic rings. The number of anilines is 1. The van der Waals surface area contributed by atoms with Crippen molar-refractivity contribution in [2.24, 2.45) is 0 Å². The van der Waals surface area contributed by atoms with Gasteiger partial charge >= 0.3 is 6.01 Å². The highest BCUT2D eigenvalue weighted by Gasteiger charge is 2.07. The van der Waals surface area contributed by atoms with Gasteiger partial charge in [-0.3, -0.25) is 10.4 Å². The zero-order valence-electron chi connectivity index (χ0n) is 9.54. The molecule has 0 unspecified atom stereocenters. The Morgan fingerprint density at radius 3 is 2.94 bits per heavy atom. The third-order valence-electron chi connectivity index (χ3n) is 1.99. The third-order valence-corrected chi connectivity index (χ3v) is 1.99. The van der Waals surface area contributed by atoms with Crippen LogP contribution in [0.4, 0.5) is 5.95 Å². The molecule has 0 saturated heterocycles. The Kier molecular flexibility index (Phi) is 3.77. The van der Waals surface area contributed by atoms with Gasteiger partial charge in [0.1, 0.15) is 0 Å². The van der Waals surface area contributed by atoms with E-state index in [9.17, 15) is 5.11 Å². The first kappa shape index (κ1) is 11.9. The van der Waals surface area contributed by atoms with Crippen LogP contribution in [0.5, 0.6) is 6.01 Å². The number of hydrogen-bond acceptors (Lipinski definition) is 7. The zero-order valence-corrected chi connectivity index (χ0v) is 9.54. The minimum atomic E-state index is -0.355. The quantitative estimate of drug-likeness (QED) is 0.405. The first-order valence-corrected chi connectivity index (χ1v) is 5.25. The summed E-state index contributed by atoms with van der Waals surface area (Å²) >= 11 is 0. The highest BCUT2D eigenvalue weighted by Crippen LogP contribution is 2.16. The molecule has 0 aliphatic heterocycles. The Bertz CT molecular complexity index is 530. The predicted molar refractivity (Wildman–Crippen MR) is 66.5 cm³/mol. The average Bonchev–Trinajstić information content (AvgIpc) is 2.39. The van der Waals surface area contributed by atoms with Crippen LogP contribution in [0.25, 0.3) is 11.4 Å². The lowest BCUT2D eigenvalue weighted by molar-refractivity contribution is 0.429. The summed E-state index contributed by atoms with van der Waals surface area (Å²) in [5, 5.41) is 9.44. The molecule has 0 saturated carbocycles. The second-order valence-corrected chi connectivity index (χ2v) is 3.32. The lowest BCUT2D eigenvalue weighted by Gasteiger charge is -2.06. The molecule has 2 aromatic heterocycles. The SMILES string of the molecule is C=CCNNc1nc(O)nc(-c2cccnc2)n1. The van der Waals surface area contributed by atoms with Crippen LogP contribution in [-0.4, -0.2) is 31.6 Å². The van der Waals surface area contributed by atoms with Gasteiger partial charge in [-0.2, -0.15) is 15.0 Å². The van der Waals surface area contributed by atoms with Gasteiger partial charge in [0.25, 0.3) is 0 Å². The molecule has 0 spiro atoms. The van der Waals surface area contributed by atoms with Gasteiger partial charge in [0, 0.05) is 24.5 Å². The van der Waals surface area contributed by atoms with Crippen molar-refractivity contribution in [3.63, 3.8) is 0 Å². The number of hydrazine groups is 1. The van der Waals surface area contributed by atoms with E-state index in [1.807, 2.05) is 0 Å². The first-order valence-electron chi connectivity index (χ1n) is 5.25. The third kappa shape index (κ3) is 2.98. The van der Waals surface area contributed by atoms with Gasteiger partial charge in [-0.1, -0.05) is 6.08 Å². The fourth-order valence-corrected chi connectivity index (χ4v) is 1.25. The van der Waals surface area contributed by atoms with Crippen molar-refractivity contribution in [2.45, 2.75) is 0 Å². The molecule has 2 heterocycles. The minimum Gasteiger partial charge on any atom is -0.479 e. The molecule has 0 aliphatic rings. The van der Waals surface area contributed by atoms with Crippen LogP contribution in [-0.2, 0) is 0 Å². The van der Waals surface area contributed by atoms with Crippen LogP contribution in [0.2, 0.25) is 0 Å². The summed E-state index contributed by atoms with van der Waals surface area (Å²) in [5.41, 5.74) is 6.24. The number of aromatic nitrogens is 4. The summed E-state index contributed by atoms with van der Waals surface area (Å²) in [4.78, 5) is 15.7.